The zero-order valence-corrected chi connectivity index (χ0v) is 16.3. The van der Waals surface area contributed by atoms with Gasteiger partial charge < -0.3 is 10.1 Å². The fourth-order valence-corrected chi connectivity index (χ4v) is 2.79. The predicted octanol–water partition coefficient (Wildman–Crippen LogP) is 1.01. The number of imide groups is 1. The Morgan fingerprint density at radius 2 is 1.83 bits per heavy atom. The molecule has 0 radical (unpaired) electrons. The van der Waals surface area contributed by atoms with E-state index in [0.29, 0.717) is 18.7 Å². The summed E-state index contributed by atoms with van der Waals surface area (Å²) in [6, 6.07) is 2.15. The molecule has 0 saturated heterocycles. The van der Waals surface area contributed by atoms with Gasteiger partial charge in [-0.15, -0.1) is 0 Å². The number of hydrogen-bond donors (Lipinski definition) is 3. The van der Waals surface area contributed by atoms with Crippen LogP contribution in [-0.2, 0) is 30.5 Å². The Kier molecular flexibility index (Phi) is 8.58. The summed E-state index contributed by atoms with van der Waals surface area (Å²) in [6.45, 7) is 2.22. The van der Waals surface area contributed by atoms with Gasteiger partial charge in [0.15, 0.2) is 6.61 Å². The van der Waals surface area contributed by atoms with E-state index in [1.165, 1.54) is 0 Å². The van der Waals surface area contributed by atoms with Gasteiger partial charge in [0, 0.05) is 6.54 Å². The number of carbonyl (C=O) groups excluding carboxylic acids is 3. The first kappa shape index (κ1) is 24.4. The number of nitrogens with one attached hydrogen (secondary N) is 3. The van der Waals surface area contributed by atoms with Crippen LogP contribution in [0.15, 0.2) is 29.2 Å². The van der Waals surface area contributed by atoms with Crippen molar-refractivity contribution in [2.75, 3.05) is 19.7 Å². The molecule has 9 nitrogen and oxygen atoms in total. The average Bonchev–Trinajstić information content (AvgIpc) is 2.62. The predicted molar refractivity (Wildman–Crippen MR) is 94.0 cm³/mol. The number of ether oxygens (including phenoxy) is 1. The second kappa shape index (κ2) is 10.2. The Bertz CT molecular complexity index is 856. The number of carbonyl (C=O) groups is 3. The van der Waals surface area contributed by atoms with Crippen molar-refractivity contribution in [3.05, 3.63) is 29.8 Å². The van der Waals surface area contributed by atoms with Crippen molar-refractivity contribution in [2.45, 2.75) is 24.9 Å². The van der Waals surface area contributed by atoms with Crippen molar-refractivity contribution in [1.82, 2.24) is 15.4 Å². The molecule has 0 aliphatic rings. The molecule has 0 aliphatic carbocycles. The Morgan fingerprint density at radius 1 is 1.17 bits per heavy atom. The molecule has 3 amide bonds. The Labute approximate surface area is 165 Å². The molecule has 3 N–H and O–H groups in total. The van der Waals surface area contributed by atoms with Crippen molar-refractivity contribution in [3.8, 4) is 0 Å². The molecular formula is C16H20F3N3O6S. The lowest BCUT2D eigenvalue weighted by molar-refractivity contribution is -0.147. The molecule has 0 aliphatic heterocycles. The molecular weight excluding hydrogens is 419 g/mol. The topological polar surface area (TPSA) is 131 Å². The highest BCUT2D eigenvalue weighted by molar-refractivity contribution is 7.89. The highest BCUT2D eigenvalue weighted by atomic mass is 32.2. The summed E-state index contributed by atoms with van der Waals surface area (Å²) in [5.41, 5.74) is -1.17. The van der Waals surface area contributed by atoms with Crippen LogP contribution in [0.3, 0.4) is 0 Å². The maximum absolute atomic E-state index is 12.7. The molecule has 0 fully saturated rings. The van der Waals surface area contributed by atoms with E-state index < -0.39 is 57.7 Å². The number of benzene rings is 1. The van der Waals surface area contributed by atoms with Crippen molar-refractivity contribution in [1.29, 1.82) is 0 Å². The van der Waals surface area contributed by atoms with Gasteiger partial charge in [0.2, 0.25) is 10.0 Å². The van der Waals surface area contributed by atoms with Gasteiger partial charge in [-0.05, 0) is 24.1 Å². The largest absolute Gasteiger partial charge is 0.455 e. The van der Waals surface area contributed by atoms with Crippen molar-refractivity contribution >= 4 is 27.9 Å². The number of hydrogen-bond acceptors (Lipinski definition) is 6. The van der Waals surface area contributed by atoms with Crippen LogP contribution in [0.4, 0.5) is 18.0 Å². The van der Waals surface area contributed by atoms with Crippen molar-refractivity contribution in [3.63, 3.8) is 0 Å². The summed E-state index contributed by atoms with van der Waals surface area (Å²) in [4.78, 5) is 33.7. The summed E-state index contributed by atoms with van der Waals surface area (Å²) in [5.74, 6) is -1.96. The highest BCUT2D eigenvalue weighted by Gasteiger charge is 2.31. The normalized spacial score (nSPS) is 11.8. The molecule has 1 aromatic carbocycles. The number of rotatable bonds is 8. The average molecular weight is 439 g/mol. The summed E-state index contributed by atoms with van der Waals surface area (Å²) >= 11 is 0. The number of alkyl halides is 3. The van der Waals surface area contributed by atoms with E-state index in [-0.39, 0.29) is 5.92 Å². The smallest absolute Gasteiger partial charge is 0.416 e. The summed E-state index contributed by atoms with van der Waals surface area (Å²) in [5, 5.41) is 4.29. The van der Waals surface area contributed by atoms with Crippen LogP contribution < -0.4 is 15.4 Å². The second-order valence-electron chi connectivity index (χ2n) is 6.16. The molecule has 162 valence electrons. The van der Waals surface area contributed by atoms with E-state index >= 15 is 0 Å². The maximum atomic E-state index is 12.7. The maximum Gasteiger partial charge on any atom is 0.416 e. The monoisotopic (exact) mass is 439 g/mol. The van der Waals surface area contributed by atoms with Gasteiger partial charge in [-0.25, -0.2) is 13.2 Å². The number of sulfonamides is 1. The minimum Gasteiger partial charge on any atom is -0.455 e. The van der Waals surface area contributed by atoms with Crippen LogP contribution in [0.2, 0.25) is 0 Å². The second-order valence-corrected chi connectivity index (χ2v) is 7.93. The van der Waals surface area contributed by atoms with E-state index in [1.807, 2.05) is 19.2 Å². The van der Waals surface area contributed by atoms with Gasteiger partial charge in [-0.3, -0.25) is 14.9 Å². The van der Waals surface area contributed by atoms with Crippen LogP contribution in [0.25, 0.3) is 0 Å². The number of amides is 3. The lowest BCUT2D eigenvalue weighted by atomic mass is 10.2. The molecule has 0 atom stereocenters. The highest BCUT2D eigenvalue weighted by Crippen LogP contribution is 2.30. The van der Waals surface area contributed by atoms with Gasteiger partial charge >= 0.3 is 18.2 Å². The minimum atomic E-state index is -4.74. The van der Waals surface area contributed by atoms with Crippen LogP contribution in [0.1, 0.15) is 19.4 Å². The molecule has 0 aromatic heterocycles. The van der Waals surface area contributed by atoms with Crippen molar-refractivity contribution < 1.29 is 40.7 Å². The quantitative estimate of drug-likeness (QED) is 0.518. The van der Waals surface area contributed by atoms with E-state index in [1.54, 1.807) is 4.72 Å². The molecule has 13 heteroatoms. The molecule has 1 aromatic rings. The van der Waals surface area contributed by atoms with Gasteiger partial charge in [0.05, 0.1) is 10.5 Å². The standard InChI is InChI=1S/C16H20F3N3O6S/c1-10(2)7-20-15(25)22-13(23)9-28-14(24)8-21-29(26,27)12-5-3-4-11(6-12)16(17,18)19/h3-6,10,21H,7-9H2,1-2H3,(H2,20,22,23,25). The minimum absolute atomic E-state index is 0.151. The number of urea groups is 1. The Morgan fingerprint density at radius 3 is 2.41 bits per heavy atom. The molecule has 0 saturated carbocycles. The number of halogens is 3. The fraction of sp³-hybridized carbons (Fsp3) is 0.438. The first-order valence-corrected chi connectivity index (χ1v) is 9.70. The lowest BCUT2D eigenvalue weighted by Crippen LogP contribution is -2.43. The van der Waals surface area contributed by atoms with Crippen LogP contribution in [0.5, 0.6) is 0 Å². The van der Waals surface area contributed by atoms with E-state index in [0.717, 1.165) is 12.1 Å². The van der Waals surface area contributed by atoms with Crippen LogP contribution in [0, 0.1) is 5.92 Å². The summed E-state index contributed by atoms with van der Waals surface area (Å²) < 4.78 is 68.3. The molecule has 1 rings (SSSR count). The van der Waals surface area contributed by atoms with E-state index in [2.05, 4.69) is 10.1 Å². The Balaban J connectivity index is 2.51. The van der Waals surface area contributed by atoms with Crippen LogP contribution >= 0.6 is 0 Å². The van der Waals surface area contributed by atoms with E-state index in [4.69, 9.17) is 0 Å². The first-order valence-electron chi connectivity index (χ1n) is 8.21. The third-order valence-electron chi connectivity index (χ3n) is 3.17. The number of esters is 1. The fourth-order valence-electron chi connectivity index (χ4n) is 1.78. The van der Waals surface area contributed by atoms with Crippen molar-refractivity contribution in [2.24, 2.45) is 5.92 Å². The van der Waals surface area contributed by atoms with Gasteiger partial charge in [0.25, 0.3) is 5.91 Å². The van der Waals surface area contributed by atoms with Gasteiger partial charge in [-0.1, -0.05) is 19.9 Å². The van der Waals surface area contributed by atoms with Gasteiger partial charge in [-0.2, -0.15) is 17.9 Å². The van der Waals surface area contributed by atoms with E-state index in [9.17, 15) is 36.0 Å². The third-order valence-corrected chi connectivity index (χ3v) is 4.57. The SMILES string of the molecule is CC(C)CNC(=O)NC(=O)COC(=O)CNS(=O)(=O)c1cccc(C(F)(F)F)c1. The lowest BCUT2D eigenvalue weighted by Gasteiger charge is -2.11. The molecule has 0 bridgehead atoms. The zero-order chi connectivity index (χ0) is 22.2. The molecule has 0 spiro atoms. The molecule has 0 unspecified atom stereocenters. The zero-order valence-electron chi connectivity index (χ0n) is 15.5. The first-order chi connectivity index (χ1) is 13.3. The summed E-state index contributed by atoms with van der Waals surface area (Å²) in [7, 11) is -4.43. The van der Waals surface area contributed by atoms with Gasteiger partial charge in [0.1, 0.15) is 6.54 Å². The third kappa shape index (κ3) is 8.91. The Hall–Kier alpha value is -2.67. The summed E-state index contributed by atoms with van der Waals surface area (Å²) in [6.07, 6.45) is -4.74. The van der Waals surface area contributed by atoms with Crippen LogP contribution in [-0.4, -0.2) is 46.0 Å². The molecule has 0 heterocycles. The molecule has 29 heavy (non-hydrogen) atoms.